The van der Waals surface area contributed by atoms with Crippen LogP contribution in [0.25, 0.3) is 11.0 Å². The van der Waals surface area contributed by atoms with E-state index in [1.165, 1.54) is 11.0 Å². The van der Waals surface area contributed by atoms with Gasteiger partial charge in [0.1, 0.15) is 23.6 Å². The van der Waals surface area contributed by atoms with Crippen LogP contribution in [0.1, 0.15) is 68.1 Å². The molecule has 3 heterocycles. The van der Waals surface area contributed by atoms with Gasteiger partial charge in [-0.15, -0.1) is 0 Å². The smallest absolute Gasteiger partial charge is 0.282 e. The first kappa shape index (κ1) is 22.7. The van der Waals surface area contributed by atoms with Crippen molar-refractivity contribution in [3.05, 3.63) is 39.8 Å². The lowest BCUT2D eigenvalue weighted by Gasteiger charge is -2.45. The molecule has 1 aromatic carbocycles. The van der Waals surface area contributed by atoms with Crippen LogP contribution in [-0.2, 0) is 0 Å². The number of halogens is 3. The van der Waals surface area contributed by atoms with Crippen LogP contribution in [0, 0.1) is 6.92 Å². The average molecular weight is 465 g/mol. The summed E-state index contributed by atoms with van der Waals surface area (Å²) in [6.07, 6.45) is -0.571. The molecule has 1 aliphatic rings. The van der Waals surface area contributed by atoms with Crippen molar-refractivity contribution in [1.29, 1.82) is 0 Å². The molecule has 2 N–H and O–H groups in total. The number of nitrogen functional groups attached to an aromatic ring is 1. The number of hydrogen-bond donors (Lipinski definition) is 1. The topological polar surface area (TPSA) is 82.1 Å². The molecule has 7 nitrogen and oxygen atoms in total. The summed E-state index contributed by atoms with van der Waals surface area (Å²) >= 11 is 6.66. The van der Waals surface area contributed by atoms with Gasteiger partial charge in [-0.1, -0.05) is 11.6 Å². The quantitative estimate of drug-likeness (QED) is 0.547. The molecule has 32 heavy (non-hydrogen) atoms. The van der Waals surface area contributed by atoms with Gasteiger partial charge in [0.15, 0.2) is 5.65 Å². The van der Waals surface area contributed by atoms with Gasteiger partial charge in [0.25, 0.3) is 6.43 Å². The lowest BCUT2D eigenvalue weighted by molar-refractivity contribution is 0.0538. The third-order valence-corrected chi connectivity index (χ3v) is 6.77. The number of aromatic nitrogens is 4. The molecular formula is C22H27ClF2N6O. The van der Waals surface area contributed by atoms with Gasteiger partial charge >= 0.3 is 0 Å². The summed E-state index contributed by atoms with van der Waals surface area (Å²) in [5.74, 6) is 0.666. The van der Waals surface area contributed by atoms with Crippen LogP contribution < -0.4 is 10.5 Å². The Morgan fingerprint density at radius 2 is 1.97 bits per heavy atom. The van der Waals surface area contributed by atoms with Crippen molar-refractivity contribution in [2.24, 2.45) is 0 Å². The van der Waals surface area contributed by atoms with Crippen molar-refractivity contribution in [2.45, 2.75) is 58.7 Å². The summed E-state index contributed by atoms with van der Waals surface area (Å²) in [6, 6.07) is 1.89. The molecule has 1 fully saturated rings. The molecular weight excluding hydrogens is 438 g/mol. The first-order chi connectivity index (χ1) is 15.2. The Labute approximate surface area is 190 Å². The van der Waals surface area contributed by atoms with Crippen molar-refractivity contribution in [1.82, 2.24) is 24.6 Å². The zero-order chi connectivity index (χ0) is 23.3. The fourth-order valence-corrected chi connectivity index (χ4v) is 4.84. The van der Waals surface area contributed by atoms with Gasteiger partial charge in [0.2, 0.25) is 0 Å². The van der Waals surface area contributed by atoms with E-state index in [0.29, 0.717) is 16.8 Å². The molecule has 0 bridgehead atoms. The van der Waals surface area contributed by atoms with Crippen LogP contribution in [0.2, 0.25) is 5.02 Å². The molecule has 2 unspecified atom stereocenters. The summed E-state index contributed by atoms with van der Waals surface area (Å²) in [4.78, 5) is 10.5. The van der Waals surface area contributed by atoms with Crippen molar-refractivity contribution >= 4 is 28.5 Å². The number of ether oxygens (including phenoxy) is 1. The molecule has 0 radical (unpaired) electrons. The maximum atomic E-state index is 13.7. The highest BCUT2D eigenvalue weighted by Gasteiger charge is 2.37. The normalized spacial score (nSPS) is 17.9. The number of alkyl halides is 2. The van der Waals surface area contributed by atoms with Crippen LogP contribution in [-0.4, -0.2) is 44.3 Å². The van der Waals surface area contributed by atoms with Crippen LogP contribution in [0.5, 0.6) is 5.75 Å². The molecule has 0 amide bonds. The van der Waals surface area contributed by atoms with Crippen LogP contribution in [0.15, 0.2) is 12.4 Å². The molecule has 0 aliphatic carbocycles. The minimum Gasteiger partial charge on any atom is -0.496 e. The van der Waals surface area contributed by atoms with Crippen molar-refractivity contribution in [2.75, 3.05) is 19.4 Å². The Kier molecular flexibility index (Phi) is 5.98. The Hall–Kier alpha value is -2.52. The van der Waals surface area contributed by atoms with Crippen molar-refractivity contribution < 1.29 is 13.5 Å². The molecule has 0 saturated carbocycles. The molecule has 10 heteroatoms. The van der Waals surface area contributed by atoms with E-state index < -0.39 is 18.2 Å². The lowest BCUT2D eigenvalue weighted by Crippen LogP contribution is -2.45. The van der Waals surface area contributed by atoms with Gasteiger partial charge in [-0.3, -0.25) is 4.90 Å². The third-order valence-electron chi connectivity index (χ3n) is 6.38. The van der Waals surface area contributed by atoms with Gasteiger partial charge in [-0.2, -0.15) is 5.10 Å². The molecule has 172 valence electrons. The van der Waals surface area contributed by atoms with Gasteiger partial charge in [0.05, 0.1) is 18.5 Å². The van der Waals surface area contributed by atoms with Gasteiger partial charge in [-0.05, 0) is 45.7 Å². The van der Waals surface area contributed by atoms with Crippen molar-refractivity contribution in [3.63, 3.8) is 0 Å². The molecule has 1 aliphatic heterocycles. The molecule has 2 atom stereocenters. The Balaban J connectivity index is 1.91. The summed E-state index contributed by atoms with van der Waals surface area (Å²) in [6.45, 7) is 9.16. The highest BCUT2D eigenvalue weighted by atomic mass is 35.5. The van der Waals surface area contributed by atoms with Gasteiger partial charge in [-0.25, -0.2) is 23.4 Å². The van der Waals surface area contributed by atoms with Gasteiger partial charge in [0, 0.05) is 34.8 Å². The Morgan fingerprint density at radius 1 is 1.25 bits per heavy atom. The second-order valence-electron chi connectivity index (χ2n) is 8.42. The number of methoxy groups -OCH3 is 1. The maximum Gasteiger partial charge on any atom is 0.282 e. The lowest BCUT2D eigenvalue weighted by atomic mass is 9.86. The predicted octanol–water partition coefficient (Wildman–Crippen LogP) is 5.08. The maximum absolute atomic E-state index is 13.7. The largest absolute Gasteiger partial charge is 0.496 e. The second-order valence-corrected chi connectivity index (χ2v) is 8.83. The molecule has 3 aromatic rings. The zero-order valence-corrected chi connectivity index (χ0v) is 19.5. The molecule has 1 saturated heterocycles. The number of hydrogen-bond acceptors (Lipinski definition) is 6. The summed E-state index contributed by atoms with van der Waals surface area (Å²) in [5, 5.41) is 4.84. The summed E-state index contributed by atoms with van der Waals surface area (Å²) in [5.41, 5.74) is 8.43. The highest BCUT2D eigenvalue weighted by molar-refractivity contribution is 6.31. The summed E-state index contributed by atoms with van der Waals surface area (Å²) < 4.78 is 34.8. The first-order valence-electron chi connectivity index (χ1n) is 10.6. The zero-order valence-electron chi connectivity index (χ0n) is 18.7. The van der Waals surface area contributed by atoms with E-state index in [9.17, 15) is 8.78 Å². The van der Waals surface area contributed by atoms with Crippen LogP contribution in [0.3, 0.4) is 0 Å². The first-order valence-corrected chi connectivity index (χ1v) is 10.9. The number of nitrogens with two attached hydrogens (primary N) is 1. The van der Waals surface area contributed by atoms with E-state index in [4.69, 9.17) is 22.1 Å². The Morgan fingerprint density at radius 3 is 2.53 bits per heavy atom. The number of anilines is 1. The monoisotopic (exact) mass is 464 g/mol. The number of fused-ring (bicyclic) bond motifs is 1. The van der Waals surface area contributed by atoms with E-state index in [1.54, 1.807) is 7.11 Å². The van der Waals surface area contributed by atoms with E-state index in [-0.39, 0.29) is 22.9 Å². The predicted molar refractivity (Wildman–Crippen MR) is 120 cm³/mol. The SMILES string of the molecule is COc1c(C(C)n2nc(C(F)F)c3c(N)ncnc32)cc(Cl)c(C)c1C1CCN1C(C)C. The average Bonchev–Trinajstić information content (AvgIpc) is 3.10. The minimum atomic E-state index is -2.81. The second kappa shape index (κ2) is 8.44. The van der Waals surface area contributed by atoms with Gasteiger partial charge < -0.3 is 10.5 Å². The third kappa shape index (κ3) is 3.47. The van der Waals surface area contributed by atoms with Crippen LogP contribution in [0.4, 0.5) is 14.6 Å². The number of likely N-dealkylation sites (tertiary alicyclic amines) is 1. The fourth-order valence-electron chi connectivity index (χ4n) is 4.62. The minimum absolute atomic E-state index is 0.0274. The van der Waals surface area contributed by atoms with E-state index >= 15 is 0 Å². The van der Waals surface area contributed by atoms with E-state index in [2.05, 4.69) is 33.8 Å². The van der Waals surface area contributed by atoms with Crippen LogP contribution >= 0.6 is 11.6 Å². The molecule has 2 aromatic heterocycles. The number of nitrogens with zero attached hydrogens (tertiary/aromatic N) is 5. The Bertz CT molecular complexity index is 1170. The fraction of sp³-hybridized carbons (Fsp3) is 0.500. The molecule has 4 rings (SSSR count). The van der Waals surface area contributed by atoms with Crippen molar-refractivity contribution in [3.8, 4) is 5.75 Å². The highest BCUT2D eigenvalue weighted by Crippen LogP contribution is 2.47. The standard InChI is InChI=1S/C22H27ClF2N6O/c1-10(2)30-7-6-15(30)16-11(3)14(23)8-13(19(16)32-5)12(4)31-22-17(18(29-31)20(24)25)21(26)27-9-28-22/h8-10,12,15,20H,6-7H2,1-5H3,(H2,26,27,28). The number of rotatable bonds is 6. The number of benzene rings is 1. The van der Waals surface area contributed by atoms with E-state index in [1.807, 2.05) is 19.9 Å². The molecule has 0 spiro atoms. The van der Waals surface area contributed by atoms with E-state index in [0.717, 1.165) is 29.7 Å². The summed E-state index contributed by atoms with van der Waals surface area (Å²) in [7, 11) is 1.62.